The predicted molar refractivity (Wildman–Crippen MR) is 133 cm³/mol. The summed E-state index contributed by atoms with van der Waals surface area (Å²) in [7, 11) is 1.23. The highest BCUT2D eigenvalue weighted by Crippen LogP contribution is 2.50. The minimum absolute atomic E-state index is 0.0172. The highest BCUT2D eigenvalue weighted by atomic mass is 35.5. The number of nitrogens with two attached hydrogens (primary N) is 1. The summed E-state index contributed by atoms with van der Waals surface area (Å²) < 4.78 is 4.72. The third-order valence-corrected chi connectivity index (χ3v) is 7.37. The maximum Gasteiger partial charge on any atom is 0.307 e. The Morgan fingerprint density at radius 1 is 1.23 bits per heavy atom. The number of halogens is 1. The lowest BCUT2D eigenvalue weighted by Crippen LogP contribution is -2.39. The molecule has 0 saturated carbocycles. The molecule has 2 heterocycles. The molecule has 3 N–H and O–H groups in total. The quantitative estimate of drug-likeness (QED) is 0.588. The molecule has 0 spiro atoms. The number of nitrogens with one attached hydrogen (secondary N) is 1. The lowest BCUT2D eigenvalue weighted by Gasteiger charge is -2.32. The fourth-order valence-corrected chi connectivity index (χ4v) is 5.57. The second-order valence-corrected chi connectivity index (χ2v) is 9.56. The Balaban J connectivity index is 1.89. The van der Waals surface area contributed by atoms with Crippen molar-refractivity contribution in [2.24, 2.45) is 5.73 Å². The third-order valence-electron chi connectivity index (χ3n) is 5.75. The van der Waals surface area contributed by atoms with Crippen LogP contribution in [-0.4, -0.2) is 35.0 Å². The summed E-state index contributed by atoms with van der Waals surface area (Å²) in [5.41, 5.74) is 8.55. The molecule has 10 heteroatoms. The molecule has 0 bridgehead atoms. The molecule has 0 aromatic heterocycles. The van der Waals surface area contributed by atoms with Crippen LogP contribution < -0.4 is 11.1 Å². The number of hydrogen-bond donors (Lipinski definition) is 2. The second-order valence-electron chi connectivity index (χ2n) is 7.96. The number of fused-ring (bicyclic) bond motifs is 1. The minimum atomic E-state index is -0.914. The number of amides is 2. The zero-order valence-electron chi connectivity index (χ0n) is 18.9. The monoisotopic (exact) mass is 508 g/mol. The Morgan fingerprint density at radius 2 is 1.91 bits per heavy atom. The molecular weight excluding hydrogens is 488 g/mol. The van der Waals surface area contributed by atoms with E-state index in [1.165, 1.54) is 7.11 Å². The van der Waals surface area contributed by atoms with Gasteiger partial charge in [0.15, 0.2) is 0 Å². The molecule has 178 valence electrons. The summed E-state index contributed by atoms with van der Waals surface area (Å²) in [6, 6.07) is 16.1. The first-order chi connectivity index (χ1) is 16.8. The first-order valence-corrected chi connectivity index (χ1v) is 11.9. The lowest BCUT2D eigenvalue weighted by molar-refractivity contribution is -0.142. The zero-order valence-corrected chi connectivity index (χ0v) is 20.4. The van der Waals surface area contributed by atoms with Crippen LogP contribution in [-0.2, 0) is 19.1 Å². The molecule has 8 nitrogen and oxygen atoms in total. The maximum absolute atomic E-state index is 13.7. The van der Waals surface area contributed by atoms with E-state index in [9.17, 15) is 19.6 Å². The van der Waals surface area contributed by atoms with Gasteiger partial charge in [0.2, 0.25) is 5.91 Å². The molecule has 2 aromatic carbocycles. The number of thioether (sulfide) groups is 1. The van der Waals surface area contributed by atoms with E-state index in [2.05, 4.69) is 11.4 Å². The number of nitrogens with zero attached hydrogens (tertiary/aromatic N) is 2. The van der Waals surface area contributed by atoms with Crippen molar-refractivity contribution in [1.82, 2.24) is 4.90 Å². The van der Waals surface area contributed by atoms with Crippen LogP contribution in [0.5, 0.6) is 0 Å². The lowest BCUT2D eigenvalue weighted by atomic mass is 9.82. The molecule has 2 atom stereocenters. The van der Waals surface area contributed by atoms with Gasteiger partial charge in [-0.25, -0.2) is 0 Å². The van der Waals surface area contributed by atoms with Gasteiger partial charge in [0.05, 0.1) is 41.7 Å². The Morgan fingerprint density at radius 3 is 2.54 bits per heavy atom. The summed E-state index contributed by atoms with van der Waals surface area (Å²) >= 11 is 7.53. The van der Waals surface area contributed by atoms with Gasteiger partial charge in [0, 0.05) is 10.7 Å². The zero-order chi connectivity index (χ0) is 25.3. The molecule has 2 aromatic rings. The number of hydrogen-bond acceptors (Lipinski definition) is 7. The van der Waals surface area contributed by atoms with E-state index in [4.69, 9.17) is 22.1 Å². The van der Waals surface area contributed by atoms with Crippen LogP contribution in [0.2, 0.25) is 5.02 Å². The highest BCUT2D eigenvalue weighted by Gasteiger charge is 2.48. The van der Waals surface area contributed by atoms with Crippen LogP contribution in [0.25, 0.3) is 0 Å². The van der Waals surface area contributed by atoms with Crippen molar-refractivity contribution in [2.45, 2.75) is 24.5 Å². The Hall–Kier alpha value is -3.74. The fourth-order valence-electron chi connectivity index (χ4n) is 4.00. The molecule has 4 rings (SSSR count). The number of anilines is 1. The molecule has 1 saturated heterocycles. The van der Waals surface area contributed by atoms with Gasteiger partial charge < -0.3 is 15.8 Å². The molecule has 0 radical (unpaired) electrons. The molecule has 2 aliphatic heterocycles. The Labute approximate surface area is 211 Å². The molecule has 0 aliphatic carbocycles. The van der Waals surface area contributed by atoms with E-state index in [1.807, 2.05) is 19.1 Å². The van der Waals surface area contributed by atoms with Crippen LogP contribution in [0, 0.1) is 18.3 Å². The van der Waals surface area contributed by atoms with E-state index in [0.29, 0.717) is 16.3 Å². The summed E-state index contributed by atoms with van der Waals surface area (Å²) in [5.74, 6) is -2.60. The van der Waals surface area contributed by atoms with Crippen LogP contribution in [0.4, 0.5) is 5.69 Å². The van der Waals surface area contributed by atoms with Crippen LogP contribution >= 0.6 is 23.4 Å². The van der Waals surface area contributed by atoms with Crippen molar-refractivity contribution in [3.05, 3.63) is 86.7 Å². The molecular formula is C25H21ClN4O4S. The Kier molecular flexibility index (Phi) is 6.87. The van der Waals surface area contributed by atoms with E-state index in [-0.39, 0.29) is 28.4 Å². The summed E-state index contributed by atoms with van der Waals surface area (Å²) in [4.78, 5) is 40.0. The number of carbonyl (C=O) groups is 3. The normalized spacial score (nSPS) is 19.4. The highest BCUT2D eigenvalue weighted by molar-refractivity contribution is 8.04. The smallest absolute Gasteiger partial charge is 0.307 e. The number of benzene rings is 2. The van der Waals surface area contributed by atoms with Gasteiger partial charge in [-0.3, -0.25) is 19.3 Å². The number of rotatable bonds is 5. The summed E-state index contributed by atoms with van der Waals surface area (Å²) in [6.45, 7) is 1.93. The van der Waals surface area contributed by atoms with Crippen molar-refractivity contribution < 1.29 is 19.1 Å². The third kappa shape index (κ3) is 4.50. The largest absolute Gasteiger partial charge is 0.469 e. The van der Waals surface area contributed by atoms with Crippen molar-refractivity contribution in [3.8, 4) is 6.07 Å². The van der Waals surface area contributed by atoms with Crippen molar-refractivity contribution in [2.75, 3.05) is 12.4 Å². The molecule has 1 fully saturated rings. The number of methoxy groups -OCH3 is 1. The molecule has 2 amide bonds. The number of allylic oxidation sites excluding steroid dienone is 1. The number of nitriles is 1. The standard InChI is InChI=1S/C25H21ClN4O4S/c1-13-7-9-14(10-8-13)29-23(32)21-20(15-5-3-4-6-17(15)26)16(12-27)22(28)30-24(33)18(35-25(21)30)11-19(31)34-2/h3-10,18,20H,11,28H2,1-2H3,(H,29,32)/t18-,20-/m0/s1. The first-order valence-electron chi connectivity index (χ1n) is 10.6. The first kappa shape index (κ1) is 24.4. The van der Waals surface area contributed by atoms with Crippen molar-refractivity contribution in [3.63, 3.8) is 0 Å². The average molecular weight is 509 g/mol. The topological polar surface area (TPSA) is 126 Å². The Bertz CT molecular complexity index is 1330. The van der Waals surface area contributed by atoms with Gasteiger partial charge >= 0.3 is 5.97 Å². The second kappa shape index (κ2) is 9.86. The minimum Gasteiger partial charge on any atom is -0.469 e. The molecule has 0 unspecified atom stereocenters. The van der Waals surface area contributed by atoms with E-state index in [1.54, 1.807) is 36.4 Å². The van der Waals surface area contributed by atoms with E-state index < -0.39 is 29.0 Å². The van der Waals surface area contributed by atoms with Gasteiger partial charge in [-0.15, -0.1) is 0 Å². The van der Waals surface area contributed by atoms with Crippen LogP contribution in [0.1, 0.15) is 23.5 Å². The van der Waals surface area contributed by atoms with E-state index >= 15 is 0 Å². The number of ether oxygens (including phenoxy) is 1. The number of carbonyl (C=O) groups excluding carboxylic acids is 3. The maximum atomic E-state index is 13.7. The van der Waals surface area contributed by atoms with Crippen LogP contribution in [0.3, 0.4) is 0 Å². The SMILES string of the molecule is COC(=O)C[C@@H]1SC2=C(C(=O)Nc3ccc(C)cc3)[C@@H](c3ccccc3Cl)C(C#N)=C(N)N2C1=O. The van der Waals surface area contributed by atoms with Gasteiger partial charge in [-0.1, -0.05) is 59.3 Å². The van der Waals surface area contributed by atoms with Gasteiger partial charge in [-0.05, 0) is 30.7 Å². The van der Waals surface area contributed by atoms with Gasteiger partial charge in [0.25, 0.3) is 5.91 Å². The van der Waals surface area contributed by atoms with Gasteiger partial charge in [0.1, 0.15) is 11.1 Å². The van der Waals surface area contributed by atoms with Crippen molar-refractivity contribution in [1.29, 1.82) is 5.26 Å². The number of esters is 1. The van der Waals surface area contributed by atoms with Crippen LogP contribution in [0.15, 0.2) is 70.5 Å². The van der Waals surface area contributed by atoms with Gasteiger partial charge in [-0.2, -0.15) is 5.26 Å². The average Bonchev–Trinajstić information content (AvgIpc) is 3.16. The summed E-state index contributed by atoms with van der Waals surface area (Å²) in [5, 5.41) is 12.7. The predicted octanol–water partition coefficient (Wildman–Crippen LogP) is 3.80. The number of aryl methyl sites for hydroxylation is 1. The molecule has 35 heavy (non-hydrogen) atoms. The summed E-state index contributed by atoms with van der Waals surface area (Å²) in [6.07, 6.45) is -0.210. The fraction of sp³-hybridized carbons (Fsp3) is 0.200. The van der Waals surface area contributed by atoms with E-state index in [0.717, 1.165) is 22.2 Å². The molecule has 2 aliphatic rings. The van der Waals surface area contributed by atoms with Crippen molar-refractivity contribution >= 4 is 46.8 Å².